The van der Waals surface area contributed by atoms with E-state index in [1.54, 1.807) is 30.3 Å². The van der Waals surface area contributed by atoms with E-state index in [-0.39, 0.29) is 11.6 Å². The summed E-state index contributed by atoms with van der Waals surface area (Å²) in [5.74, 6) is -0.193. The fraction of sp³-hybridized carbons (Fsp3) is 0.200. The first kappa shape index (κ1) is 13.8. The lowest BCUT2D eigenvalue weighted by molar-refractivity contribution is 0.175. The van der Waals surface area contributed by atoms with Gasteiger partial charge in [0.25, 0.3) is 0 Å². The third-order valence-corrected chi connectivity index (χ3v) is 3.23. The monoisotopic (exact) mass is 280 g/mol. The van der Waals surface area contributed by atoms with Crippen molar-refractivity contribution in [3.05, 3.63) is 64.4 Å². The first-order valence-corrected chi connectivity index (χ1v) is 6.32. The van der Waals surface area contributed by atoms with E-state index in [2.05, 4.69) is 0 Å². The first-order valence-electron chi connectivity index (χ1n) is 5.94. The highest BCUT2D eigenvalue weighted by Gasteiger charge is 2.10. The molecule has 0 saturated carbocycles. The maximum Gasteiger partial charge on any atom is 0.124 e. The van der Waals surface area contributed by atoms with Crippen LogP contribution in [0.5, 0.6) is 5.75 Å². The van der Waals surface area contributed by atoms with Crippen LogP contribution in [0, 0.1) is 5.82 Å². The number of aliphatic hydroxyl groups excluding tert-OH is 1. The van der Waals surface area contributed by atoms with Gasteiger partial charge in [-0.25, -0.2) is 4.39 Å². The fourth-order valence-electron chi connectivity index (χ4n) is 1.92. The van der Waals surface area contributed by atoms with Gasteiger partial charge in [-0.3, -0.25) is 0 Å². The van der Waals surface area contributed by atoms with Crippen molar-refractivity contribution in [3.8, 4) is 5.75 Å². The molecule has 2 aromatic rings. The van der Waals surface area contributed by atoms with E-state index in [1.807, 2.05) is 0 Å². The molecule has 2 rings (SSSR count). The van der Waals surface area contributed by atoms with Crippen molar-refractivity contribution in [1.29, 1.82) is 0 Å². The Hall–Kier alpha value is -1.58. The molecule has 0 aliphatic rings. The normalized spacial score (nSPS) is 12.4. The smallest absolute Gasteiger partial charge is 0.124 e. The molecule has 19 heavy (non-hydrogen) atoms. The zero-order chi connectivity index (χ0) is 13.8. The van der Waals surface area contributed by atoms with E-state index in [0.29, 0.717) is 23.4 Å². The van der Waals surface area contributed by atoms with Crippen LogP contribution in [0.4, 0.5) is 4.39 Å². The Morgan fingerprint density at radius 1 is 1.05 bits per heavy atom. The molecular formula is C15H14ClFO2. The SMILES string of the molecule is Oc1ccc(CC(O)Cc2ccc(F)cc2Cl)cc1. The molecule has 4 heteroatoms. The fourth-order valence-corrected chi connectivity index (χ4v) is 2.16. The third kappa shape index (κ3) is 3.94. The molecule has 0 spiro atoms. The second-order valence-electron chi connectivity index (χ2n) is 4.46. The summed E-state index contributed by atoms with van der Waals surface area (Å²) in [5.41, 5.74) is 1.64. The molecular weight excluding hydrogens is 267 g/mol. The van der Waals surface area contributed by atoms with Crippen molar-refractivity contribution < 1.29 is 14.6 Å². The number of hydrogen-bond acceptors (Lipinski definition) is 2. The lowest BCUT2D eigenvalue weighted by Crippen LogP contribution is -2.14. The van der Waals surface area contributed by atoms with Crippen LogP contribution in [0.2, 0.25) is 5.02 Å². The Balaban J connectivity index is 2.01. The molecule has 100 valence electrons. The predicted molar refractivity (Wildman–Crippen MR) is 72.9 cm³/mol. The molecule has 0 saturated heterocycles. The van der Waals surface area contributed by atoms with Crippen molar-refractivity contribution in [2.75, 3.05) is 0 Å². The number of benzene rings is 2. The average Bonchev–Trinajstić information content (AvgIpc) is 2.36. The molecule has 0 aromatic heterocycles. The summed E-state index contributed by atoms with van der Waals surface area (Å²) in [7, 11) is 0. The minimum Gasteiger partial charge on any atom is -0.508 e. The molecule has 0 heterocycles. The van der Waals surface area contributed by atoms with Gasteiger partial charge in [0, 0.05) is 11.4 Å². The van der Waals surface area contributed by atoms with Gasteiger partial charge < -0.3 is 10.2 Å². The molecule has 0 amide bonds. The van der Waals surface area contributed by atoms with Gasteiger partial charge >= 0.3 is 0 Å². The van der Waals surface area contributed by atoms with Gasteiger partial charge in [0.1, 0.15) is 11.6 Å². The quantitative estimate of drug-likeness (QED) is 0.902. The second kappa shape index (κ2) is 6.04. The topological polar surface area (TPSA) is 40.5 Å². The van der Waals surface area contributed by atoms with Crippen molar-refractivity contribution in [3.63, 3.8) is 0 Å². The number of hydrogen-bond donors (Lipinski definition) is 2. The van der Waals surface area contributed by atoms with E-state index < -0.39 is 6.10 Å². The van der Waals surface area contributed by atoms with Crippen LogP contribution in [0.15, 0.2) is 42.5 Å². The van der Waals surface area contributed by atoms with Gasteiger partial charge in [0.05, 0.1) is 6.10 Å². The van der Waals surface area contributed by atoms with Crippen LogP contribution < -0.4 is 0 Å². The van der Waals surface area contributed by atoms with Crippen LogP contribution in [0.3, 0.4) is 0 Å². The van der Waals surface area contributed by atoms with E-state index in [1.165, 1.54) is 12.1 Å². The zero-order valence-electron chi connectivity index (χ0n) is 10.2. The highest BCUT2D eigenvalue weighted by molar-refractivity contribution is 6.31. The molecule has 2 N–H and O–H groups in total. The number of halogens is 2. The molecule has 1 unspecified atom stereocenters. The Kier molecular flexibility index (Phi) is 4.40. The number of phenolic OH excluding ortho intramolecular Hbond substituents is 1. The Morgan fingerprint density at radius 3 is 2.37 bits per heavy atom. The second-order valence-corrected chi connectivity index (χ2v) is 4.87. The maximum absolute atomic E-state index is 12.9. The summed E-state index contributed by atoms with van der Waals surface area (Å²) < 4.78 is 12.9. The van der Waals surface area contributed by atoms with E-state index in [4.69, 9.17) is 11.6 Å². The first-order chi connectivity index (χ1) is 9.04. The molecule has 1 atom stereocenters. The lowest BCUT2D eigenvalue weighted by atomic mass is 10.0. The summed E-state index contributed by atoms with van der Waals surface area (Å²) in [5, 5.41) is 19.5. The lowest BCUT2D eigenvalue weighted by Gasteiger charge is -2.12. The molecule has 0 aliphatic heterocycles. The molecule has 0 aliphatic carbocycles. The van der Waals surface area contributed by atoms with Gasteiger partial charge in [-0.05, 0) is 41.8 Å². The maximum atomic E-state index is 12.9. The number of aromatic hydroxyl groups is 1. The van der Waals surface area contributed by atoms with Crippen molar-refractivity contribution >= 4 is 11.6 Å². The van der Waals surface area contributed by atoms with Crippen molar-refractivity contribution in [1.82, 2.24) is 0 Å². The zero-order valence-corrected chi connectivity index (χ0v) is 10.9. The van der Waals surface area contributed by atoms with Gasteiger partial charge in [0.2, 0.25) is 0 Å². The Labute approximate surface area is 116 Å². The van der Waals surface area contributed by atoms with Crippen molar-refractivity contribution in [2.45, 2.75) is 18.9 Å². The number of aliphatic hydroxyl groups is 1. The van der Waals surface area contributed by atoms with Gasteiger partial charge in [-0.1, -0.05) is 29.8 Å². The standard InChI is InChI=1S/C15H14ClFO2/c16-15-9-12(17)4-3-11(15)8-14(19)7-10-1-5-13(18)6-2-10/h1-6,9,14,18-19H,7-8H2. The Bertz CT molecular complexity index is 555. The minimum atomic E-state index is -0.604. The van der Waals surface area contributed by atoms with Crippen LogP contribution in [0.25, 0.3) is 0 Å². The molecule has 0 fully saturated rings. The highest BCUT2D eigenvalue weighted by atomic mass is 35.5. The summed E-state index contributed by atoms with van der Waals surface area (Å²) in [6.07, 6.45) is 0.209. The van der Waals surface area contributed by atoms with E-state index in [9.17, 15) is 14.6 Å². The van der Waals surface area contributed by atoms with Crippen LogP contribution in [-0.2, 0) is 12.8 Å². The molecule has 2 aromatic carbocycles. The van der Waals surface area contributed by atoms with Crippen LogP contribution in [0.1, 0.15) is 11.1 Å². The van der Waals surface area contributed by atoms with Crippen LogP contribution >= 0.6 is 11.6 Å². The highest BCUT2D eigenvalue weighted by Crippen LogP contribution is 2.20. The third-order valence-electron chi connectivity index (χ3n) is 2.88. The molecule has 0 bridgehead atoms. The minimum absolute atomic E-state index is 0.194. The van der Waals surface area contributed by atoms with Crippen molar-refractivity contribution in [2.24, 2.45) is 0 Å². The number of rotatable bonds is 4. The van der Waals surface area contributed by atoms with Gasteiger partial charge in [-0.2, -0.15) is 0 Å². The molecule has 2 nitrogen and oxygen atoms in total. The summed E-state index contributed by atoms with van der Waals surface area (Å²) in [6, 6.07) is 10.8. The molecule has 0 radical (unpaired) electrons. The summed E-state index contributed by atoms with van der Waals surface area (Å²) in [6.45, 7) is 0. The number of phenols is 1. The Morgan fingerprint density at radius 2 is 1.74 bits per heavy atom. The summed E-state index contributed by atoms with van der Waals surface area (Å²) in [4.78, 5) is 0. The van der Waals surface area contributed by atoms with Gasteiger partial charge in [-0.15, -0.1) is 0 Å². The van der Waals surface area contributed by atoms with E-state index in [0.717, 1.165) is 5.56 Å². The van der Waals surface area contributed by atoms with Gasteiger partial charge in [0.15, 0.2) is 0 Å². The van der Waals surface area contributed by atoms with Crippen LogP contribution in [-0.4, -0.2) is 16.3 Å². The largest absolute Gasteiger partial charge is 0.508 e. The van der Waals surface area contributed by atoms with E-state index >= 15 is 0 Å². The average molecular weight is 281 g/mol. The summed E-state index contributed by atoms with van der Waals surface area (Å²) >= 11 is 5.91. The predicted octanol–water partition coefficient (Wildman–Crippen LogP) is 3.33.